The van der Waals surface area contributed by atoms with Gasteiger partial charge in [0.05, 0.1) is 11.2 Å². The van der Waals surface area contributed by atoms with Gasteiger partial charge in [-0.3, -0.25) is 4.79 Å². The van der Waals surface area contributed by atoms with Gasteiger partial charge in [-0.15, -0.1) is 6.58 Å². The molecular formula is C17H28O4. The third-order valence-corrected chi connectivity index (χ3v) is 2.81. The van der Waals surface area contributed by atoms with Crippen LogP contribution in [0.1, 0.15) is 47.5 Å². The summed E-state index contributed by atoms with van der Waals surface area (Å²) in [5.74, 6) is -0.393. The summed E-state index contributed by atoms with van der Waals surface area (Å²) in [6.45, 7) is 11.8. The topological polar surface area (TPSA) is 66.8 Å². The second kappa shape index (κ2) is 8.15. The van der Waals surface area contributed by atoms with E-state index in [0.717, 1.165) is 5.57 Å². The molecular weight excluding hydrogens is 268 g/mol. The van der Waals surface area contributed by atoms with E-state index in [1.165, 1.54) is 13.0 Å². The smallest absolute Gasteiger partial charge is 0.303 e. The van der Waals surface area contributed by atoms with Crippen LogP contribution in [0.5, 0.6) is 0 Å². The van der Waals surface area contributed by atoms with Crippen LogP contribution < -0.4 is 0 Å². The number of ether oxygens (including phenoxy) is 1. The van der Waals surface area contributed by atoms with Gasteiger partial charge in [-0.25, -0.2) is 0 Å². The van der Waals surface area contributed by atoms with Crippen LogP contribution in [0.25, 0.3) is 0 Å². The van der Waals surface area contributed by atoms with Crippen molar-refractivity contribution in [3.63, 3.8) is 0 Å². The van der Waals surface area contributed by atoms with Crippen LogP contribution in [0.2, 0.25) is 0 Å². The fraction of sp³-hybridized carbons (Fsp3) is 0.588. The lowest BCUT2D eigenvalue weighted by atomic mass is 9.97. The van der Waals surface area contributed by atoms with Crippen molar-refractivity contribution in [3.05, 3.63) is 36.5 Å². The quantitative estimate of drug-likeness (QED) is 0.534. The minimum Gasteiger partial charge on any atom is -0.458 e. The molecule has 4 nitrogen and oxygen atoms in total. The van der Waals surface area contributed by atoms with Gasteiger partial charge in [-0.05, 0) is 40.2 Å². The molecule has 0 spiro atoms. The first-order valence-electron chi connectivity index (χ1n) is 7.06. The summed E-state index contributed by atoms with van der Waals surface area (Å²) in [7, 11) is 0. The number of aliphatic hydroxyl groups is 2. The zero-order valence-corrected chi connectivity index (χ0v) is 13.7. The fourth-order valence-corrected chi connectivity index (χ4v) is 1.76. The van der Waals surface area contributed by atoms with Crippen molar-refractivity contribution >= 4 is 5.97 Å². The molecule has 0 radical (unpaired) electrons. The number of carbonyl (C=O) groups is 1. The number of hydrogen-bond acceptors (Lipinski definition) is 4. The van der Waals surface area contributed by atoms with Crippen LogP contribution in [0.3, 0.4) is 0 Å². The van der Waals surface area contributed by atoms with Gasteiger partial charge in [0.25, 0.3) is 0 Å². The third kappa shape index (κ3) is 11.0. The van der Waals surface area contributed by atoms with Gasteiger partial charge in [0, 0.05) is 13.3 Å². The Kier molecular flexibility index (Phi) is 7.61. The molecule has 0 amide bonds. The first kappa shape index (κ1) is 19.6. The lowest BCUT2D eigenvalue weighted by Gasteiger charge is -2.24. The van der Waals surface area contributed by atoms with Crippen LogP contribution in [-0.2, 0) is 9.53 Å². The molecule has 2 atom stereocenters. The van der Waals surface area contributed by atoms with E-state index < -0.39 is 23.3 Å². The summed E-state index contributed by atoms with van der Waals surface area (Å²) in [6, 6.07) is 0. The molecule has 0 unspecified atom stereocenters. The average molecular weight is 296 g/mol. The predicted octanol–water partition coefficient (Wildman–Crippen LogP) is 2.91. The Labute approximate surface area is 127 Å². The van der Waals surface area contributed by atoms with Gasteiger partial charge in [0.1, 0.15) is 6.10 Å². The van der Waals surface area contributed by atoms with E-state index in [9.17, 15) is 15.0 Å². The Hall–Kier alpha value is -1.39. The van der Waals surface area contributed by atoms with Crippen molar-refractivity contribution in [3.8, 4) is 0 Å². The summed E-state index contributed by atoms with van der Waals surface area (Å²) in [5.41, 5.74) is -0.955. The molecule has 0 saturated carbocycles. The molecule has 0 saturated heterocycles. The monoisotopic (exact) mass is 296 g/mol. The van der Waals surface area contributed by atoms with Crippen molar-refractivity contribution < 1.29 is 19.7 Å². The maximum Gasteiger partial charge on any atom is 0.303 e. The van der Waals surface area contributed by atoms with Crippen LogP contribution in [0.4, 0.5) is 0 Å². The molecule has 0 heterocycles. The SMILES string of the molecule is C=C[C@](C)(O)C[C@@H](/C=C(\C)C/C=C/C(C)(C)O)OC(C)=O. The Balaban J connectivity index is 4.84. The van der Waals surface area contributed by atoms with Crippen LogP contribution in [-0.4, -0.2) is 33.5 Å². The molecule has 0 aromatic carbocycles. The zero-order chi connectivity index (χ0) is 16.7. The molecule has 0 aliphatic rings. The molecule has 4 heteroatoms. The van der Waals surface area contributed by atoms with E-state index in [2.05, 4.69) is 6.58 Å². The molecule has 120 valence electrons. The maximum atomic E-state index is 11.1. The third-order valence-electron chi connectivity index (χ3n) is 2.81. The van der Waals surface area contributed by atoms with Gasteiger partial charge in [-0.1, -0.05) is 23.8 Å². The largest absolute Gasteiger partial charge is 0.458 e. The highest BCUT2D eigenvalue weighted by Gasteiger charge is 2.23. The standard InChI is InChI=1S/C17H28O4/c1-7-17(6,20)12-15(21-14(3)18)11-13(2)9-8-10-16(4,5)19/h7-8,10-11,15,19-20H,1,9,12H2,2-6H3/b10-8+,13-11+/t15-,17+/m1/s1. The molecule has 21 heavy (non-hydrogen) atoms. The molecule has 0 aromatic rings. The molecule has 2 N–H and O–H groups in total. The van der Waals surface area contributed by atoms with E-state index >= 15 is 0 Å². The highest BCUT2D eigenvalue weighted by Crippen LogP contribution is 2.19. The Bertz CT molecular complexity index is 411. The lowest BCUT2D eigenvalue weighted by molar-refractivity contribution is -0.145. The second-order valence-corrected chi connectivity index (χ2v) is 6.19. The van der Waals surface area contributed by atoms with Crippen LogP contribution in [0.15, 0.2) is 36.5 Å². The van der Waals surface area contributed by atoms with Crippen LogP contribution in [0, 0.1) is 0 Å². The first-order valence-corrected chi connectivity index (χ1v) is 7.06. The second-order valence-electron chi connectivity index (χ2n) is 6.19. The van der Waals surface area contributed by atoms with E-state index in [1.54, 1.807) is 26.8 Å². The van der Waals surface area contributed by atoms with Crippen molar-refractivity contribution in [1.29, 1.82) is 0 Å². The van der Waals surface area contributed by atoms with Crippen molar-refractivity contribution in [1.82, 2.24) is 0 Å². The van der Waals surface area contributed by atoms with Crippen molar-refractivity contribution in [2.75, 3.05) is 0 Å². The zero-order valence-electron chi connectivity index (χ0n) is 13.7. The van der Waals surface area contributed by atoms with E-state index in [4.69, 9.17) is 4.74 Å². The summed E-state index contributed by atoms with van der Waals surface area (Å²) in [5, 5.41) is 19.6. The lowest BCUT2D eigenvalue weighted by Crippen LogP contribution is -2.29. The van der Waals surface area contributed by atoms with E-state index in [-0.39, 0.29) is 6.42 Å². The Morgan fingerprint density at radius 1 is 1.29 bits per heavy atom. The normalized spacial score (nSPS) is 17.4. The van der Waals surface area contributed by atoms with Gasteiger partial charge in [-0.2, -0.15) is 0 Å². The summed E-state index contributed by atoms with van der Waals surface area (Å²) < 4.78 is 5.21. The molecule has 0 fully saturated rings. The highest BCUT2D eigenvalue weighted by molar-refractivity contribution is 5.66. The maximum absolute atomic E-state index is 11.1. The number of carbonyl (C=O) groups excluding carboxylic acids is 1. The summed E-state index contributed by atoms with van der Waals surface area (Å²) in [6.07, 6.45) is 7.20. The highest BCUT2D eigenvalue weighted by atomic mass is 16.5. The van der Waals surface area contributed by atoms with E-state index in [0.29, 0.717) is 6.42 Å². The first-order chi connectivity index (χ1) is 9.45. The Morgan fingerprint density at radius 2 is 1.86 bits per heavy atom. The average Bonchev–Trinajstić information content (AvgIpc) is 2.25. The summed E-state index contributed by atoms with van der Waals surface area (Å²) >= 11 is 0. The molecule has 0 bridgehead atoms. The molecule has 0 rings (SSSR count). The van der Waals surface area contributed by atoms with Crippen molar-refractivity contribution in [2.24, 2.45) is 0 Å². The van der Waals surface area contributed by atoms with Gasteiger partial charge in [0.2, 0.25) is 0 Å². The molecule has 0 aliphatic heterocycles. The van der Waals surface area contributed by atoms with Crippen molar-refractivity contribution in [2.45, 2.75) is 64.8 Å². The van der Waals surface area contributed by atoms with Gasteiger partial charge >= 0.3 is 5.97 Å². The minimum absolute atomic E-state index is 0.253. The molecule has 0 aromatic heterocycles. The number of rotatable bonds is 8. The summed E-state index contributed by atoms with van der Waals surface area (Å²) in [4.78, 5) is 11.1. The Morgan fingerprint density at radius 3 is 2.29 bits per heavy atom. The van der Waals surface area contributed by atoms with E-state index in [1.807, 2.05) is 19.1 Å². The number of allylic oxidation sites excluding steroid dienone is 2. The fourth-order valence-electron chi connectivity index (χ4n) is 1.76. The van der Waals surface area contributed by atoms with Gasteiger partial charge in [0.15, 0.2) is 0 Å². The predicted molar refractivity (Wildman–Crippen MR) is 84.8 cm³/mol. The molecule has 0 aliphatic carbocycles. The van der Waals surface area contributed by atoms with Gasteiger partial charge < -0.3 is 14.9 Å². The number of esters is 1. The minimum atomic E-state index is -1.10. The van der Waals surface area contributed by atoms with Crippen LogP contribution >= 0.6 is 0 Å². The number of hydrogen-bond donors (Lipinski definition) is 2.